The average Bonchev–Trinajstić information content (AvgIpc) is 3.91. The number of hydrogen-bond donors (Lipinski definition) is 0. The highest BCUT2D eigenvalue weighted by molar-refractivity contribution is 6.24. The Morgan fingerprint density at radius 3 is 1.48 bits per heavy atom. The minimum atomic E-state index is 0.548. The lowest BCUT2D eigenvalue weighted by Gasteiger charge is -2.14. The number of benzene rings is 10. The van der Waals surface area contributed by atoms with E-state index in [0.29, 0.717) is 17.6 Å². The van der Waals surface area contributed by atoms with Crippen molar-refractivity contribution >= 4 is 76.1 Å². The van der Waals surface area contributed by atoms with Gasteiger partial charge in [0, 0.05) is 48.8 Å². The number of fused-ring (bicyclic) bond motifs is 12. The van der Waals surface area contributed by atoms with E-state index in [1.165, 1.54) is 11.1 Å². The van der Waals surface area contributed by atoms with E-state index in [-0.39, 0.29) is 0 Å². The Bertz CT molecular complexity index is 3830. The molecule has 0 fully saturated rings. The number of furan rings is 1. The van der Waals surface area contributed by atoms with E-state index in [1.54, 1.807) is 0 Å². The first kappa shape index (κ1) is 34.5. The van der Waals surface area contributed by atoms with Gasteiger partial charge in [-0.1, -0.05) is 194 Å². The van der Waals surface area contributed by atoms with Crippen LogP contribution >= 0.6 is 0 Å². The van der Waals surface area contributed by atoms with Gasteiger partial charge in [-0.2, -0.15) is 9.97 Å². The number of rotatable bonds is 5. The molecule has 10 aromatic carbocycles. The third-order valence-corrected chi connectivity index (χ3v) is 12.5. The molecule has 0 saturated carbocycles. The van der Waals surface area contributed by atoms with Gasteiger partial charge in [0.05, 0.1) is 11.0 Å². The van der Waals surface area contributed by atoms with E-state index in [0.717, 1.165) is 98.3 Å². The molecule has 3 heterocycles. The molecule has 288 valence electrons. The topological polar surface area (TPSA) is 56.7 Å². The summed E-state index contributed by atoms with van der Waals surface area (Å²) in [5, 5.41) is 11.0. The molecule has 0 aliphatic heterocycles. The highest BCUT2D eigenvalue weighted by Crippen LogP contribution is 2.42. The normalized spacial score (nSPS) is 11.9. The maximum atomic E-state index is 6.68. The van der Waals surface area contributed by atoms with Crippen LogP contribution < -0.4 is 0 Å². The predicted octanol–water partition coefficient (Wildman–Crippen LogP) is 15.0. The van der Waals surface area contributed by atoms with Gasteiger partial charge in [0.1, 0.15) is 11.2 Å². The number of nitrogens with zero attached hydrogens (tertiary/aromatic N) is 4. The Balaban J connectivity index is 1.10. The maximum Gasteiger partial charge on any atom is 0.238 e. The van der Waals surface area contributed by atoms with Gasteiger partial charge in [0.15, 0.2) is 11.6 Å². The fraction of sp³-hybridized carbons (Fsp3) is 0. The lowest BCUT2D eigenvalue weighted by molar-refractivity contribution is 0.672. The summed E-state index contributed by atoms with van der Waals surface area (Å²) in [6.45, 7) is 0. The fourth-order valence-electron chi connectivity index (χ4n) is 9.60. The maximum absolute atomic E-state index is 6.68. The van der Waals surface area contributed by atoms with Crippen LogP contribution in [0.2, 0.25) is 0 Å². The summed E-state index contributed by atoms with van der Waals surface area (Å²) in [5.41, 5.74) is 10.2. The Hall–Kier alpha value is -8.41. The van der Waals surface area contributed by atoms with Crippen molar-refractivity contribution in [3.63, 3.8) is 0 Å². The predicted molar refractivity (Wildman–Crippen MR) is 256 cm³/mol. The number of aromatic nitrogens is 4. The highest BCUT2D eigenvalue weighted by atomic mass is 16.3. The second-order valence-corrected chi connectivity index (χ2v) is 15.9. The van der Waals surface area contributed by atoms with E-state index in [9.17, 15) is 0 Å². The van der Waals surface area contributed by atoms with Crippen molar-refractivity contribution in [1.82, 2.24) is 19.5 Å². The molecule has 3 aromatic heterocycles. The van der Waals surface area contributed by atoms with Gasteiger partial charge >= 0.3 is 0 Å². The summed E-state index contributed by atoms with van der Waals surface area (Å²) in [6.07, 6.45) is 0. The minimum Gasteiger partial charge on any atom is -0.455 e. The zero-order valence-electron chi connectivity index (χ0n) is 33.3. The quantitative estimate of drug-likeness (QED) is 0.174. The van der Waals surface area contributed by atoms with Crippen LogP contribution in [0.4, 0.5) is 0 Å². The zero-order valence-corrected chi connectivity index (χ0v) is 33.3. The molecule has 0 unspecified atom stereocenters. The molecule has 13 aromatic rings. The molecule has 0 saturated heterocycles. The summed E-state index contributed by atoms with van der Waals surface area (Å²) in [7, 11) is 0. The van der Waals surface area contributed by atoms with Crippen LogP contribution in [-0.2, 0) is 0 Å². The molecule has 0 bridgehead atoms. The van der Waals surface area contributed by atoms with Crippen molar-refractivity contribution in [2.24, 2.45) is 0 Å². The van der Waals surface area contributed by atoms with Crippen LogP contribution in [-0.4, -0.2) is 19.5 Å². The lowest BCUT2D eigenvalue weighted by atomic mass is 9.94. The third-order valence-electron chi connectivity index (χ3n) is 12.5. The summed E-state index contributed by atoms with van der Waals surface area (Å²) < 4.78 is 8.95. The molecule has 0 N–H and O–H groups in total. The molecular weight excluding hydrogens is 757 g/mol. The first-order valence-electron chi connectivity index (χ1n) is 20.9. The van der Waals surface area contributed by atoms with Gasteiger partial charge in [-0.3, -0.25) is 4.57 Å². The number of hydrogen-bond acceptors (Lipinski definition) is 4. The molecular formula is C57H34N4O. The van der Waals surface area contributed by atoms with E-state index >= 15 is 0 Å². The standard InChI is InChI=1S/C57H34N4O/c1-2-13-35(14-3-1)41-18-10-11-19-42(41)39-25-27-40(28-26-39)55-58-56(49-23-12-24-50-51(49)48-34-31-38-17-6-9-22-45(38)54(48)62-50)60-57(59-55)61-52-43-20-7-4-15-36(43)29-32-46(52)47-33-30-37-16-5-8-21-44(37)53(47)61/h1-34H. The van der Waals surface area contributed by atoms with Crippen LogP contribution in [0.1, 0.15) is 0 Å². The molecule has 5 heteroatoms. The molecule has 0 radical (unpaired) electrons. The van der Waals surface area contributed by atoms with Crippen molar-refractivity contribution in [3.8, 4) is 51.0 Å². The van der Waals surface area contributed by atoms with E-state index in [4.69, 9.17) is 19.4 Å². The smallest absolute Gasteiger partial charge is 0.238 e. The second kappa shape index (κ2) is 13.6. The van der Waals surface area contributed by atoms with Crippen LogP contribution in [0, 0.1) is 0 Å². The third kappa shape index (κ3) is 5.25. The van der Waals surface area contributed by atoms with Crippen LogP contribution in [0.25, 0.3) is 127 Å². The highest BCUT2D eigenvalue weighted by Gasteiger charge is 2.23. The monoisotopic (exact) mass is 790 g/mol. The van der Waals surface area contributed by atoms with Crippen LogP contribution in [0.15, 0.2) is 211 Å². The van der Waals surface area contributed by atoms with E-state index in [1.807, 2.05) is 12.1 Å². The molecule has 13 rings (SSSR count). The van der Waals surface area contributed by atoms with Crippen molar-refractivity contribution in [2.45, 2.75) is 0 Å². The molecule has 0 aliphatic carbocycles. The second-order valence-electron chi connectivity index (χ2n) is 15.9. The van der Waals surface area contributed by atoms with Crippen molar-refractivity contribution in [3.05, 3.63) is 206 Å². The molecule has 5 nitrogen and oxygen atoms in total. The van der Waals surface area contributed by atoms with Gasteiger partial charge in [-0.15, -0.1) is 0 Å². The summed E-state index contributed by atoms with van der Waals surface area (Å²) in [4.78, 5) is 16.3. The van der Waals surface area contributed by atoms with Gasteiger partial charge < -0.3 is 4.42 Å². The van der Waals surface area contributed by atoms with E-state index < -0.39 is 0 Å². The summed E-state index contributed by atoms with van der Waals surface area (Å²) in [5.74, 6) is 1.70. The largest absolute Gasteiger partial charge is 0.455 e. The summed E-state index contributed by atoms with van der Waals surface area (Å²) >= 11 is 0. The van der Waals surface area contributed by atoms with Crippen molar-refractivity contribution in [1.29, 1.82) is 0 Å². The van der Waals surface area contributed by atoms with Crippen LogP contribution in [0.3, 0.4) is 0 Å². The first-order chi connectivity index (χ1) is 30.7. The fourth-order valence-corrected chi connectivity index (χ4v) is 9.60. The van der Waals surface area contributed by atoms with Crippen LogP contribution in [0.5, 0.6) is 0 Å². The summed E-state index contributed by atoms with van der Waals surface area (Å²) in [6, 6.07) is 72.7. The van der Waals surface area contributed by atoms with Gasteiger partial charge in [0.2, 0.25) is 5.95 Å². The molecule has 0 atom stereocenters. The van der Waals surface area contributed by atoms with Crippen molar-refractivity contribution < 1.29 is 4.42 Å². The zero-order chi connectivity index (χ0) is 40.7. The Morgan fingerprint density at radius 1 is 0.323 bits per heavy atom. The van der Waals surface area contributed by atoms with Gasteiger partial charge in [0.25, 0.3) is 0 Å². The van der Waals surface area contributed by atoms with Gasteiger partial charge in [-0.05, 0) is 50.5 Å². The van der Waals surface area contributed by atoms with Crippen molar-refractivity contribution in [2.75, 3.05) is 0 Å². The molecule has 0 amide bonds. The van der Waals surface area contributed by atoms with Gasteiger partial charge in [-0.25, -0.2) is 4.98 Å². The average molecular weight is 791 g/mol. The SMILES string of the molecule is c1ccc(-c2ccccc2-c2ccc(-c3nc(-c4cccc5oc6c7ccccc7ccc6c45)nc(-n4c5c6ccccc6ccc5c5ccc6ccccc6c54)n3)cc2)cc1. The van der Waals surface area contributed by atoms with E-state index in [2.05, 4.69) is 199 Å². The molecule has 62 heavy (non-hydrogen) atoms. The molecule has 0 spiro atoms. The Morgan fingerprint density at radius 2 is 0.823 bits per heavy atom. The first-order valence-corrected chi connectivity index (χ1v) is 20.9. The molecule has 0 aliphatic rings. The Labute approximate surface area is 355 Å². The minimum absolute atomic E-state index is 0.548. The lowest BCUT2D eigenvalue weighted by Crippen LogP contribution is -2.07. The Kier molecular flexibility index (Phi) is 7.54.